The van der Waals surface area contributed by atoms with Crippen molar-refractivity contribution < 1.29 is 9.90 Å². The highest BCUT2D eigenvalue weighted by Gasteiger charge is 2.53. The average Bonchev–Trinajstić information content (AvgIpc) is 2.84. The Labute approximate surface area is 80.3 Å². The summed E-state index contributed by atoms with van der Waals surface area (Å²) in [7, 11) is 0. The molecule has 1 fully saturated rings. The van der Waals surface area contributed by atoms with Crippen LogP contribution in [0.5, 0.6) is 0 Å². The Morgan fingerprint density at radius 1 is 1.46 bits per heavy atom. The normalized spacial score (nSPS) is 21.1. The van der Waals surface area contributed by atoms with Gasteiger partial charge in [-0.1, -0.05) is 33.1 Å². The molecule has 1 N–H and O–H groups in total. The Bertz CT molecular complexity index is 183. The number of carboxylic acids is 1. The van der Waals surface area contributed by atoms with Gasteiger partial charge >= 0.3 is 5.97 Å². The maximum atomic E-state index is 11.0. The van der Waals surface area contributed by atoms with Crippen LogP contribution < -0.4 is 0 Å². The van der Waals surface area contributed by atoms with Gasteiger partial charge in [-0.05, 0) is 25.2 Å². The quantitative estimate of drug-likeness (QED) is 0.644. The Morgan fingerprint density at radius 3 is 2.46 bits per heavy atom. The molecule has 2 heteroatoms. The second-order valence-electron chi connectivity index (χ2n) is 4.36. The molecule has 0 aromatic carbocycles. The first-order chi connectivity index (χ1) is 6.13. The lowest BCUT2D eigenvalue weighted by Crippen LogP contribution is -2.23. The SMILES string of the molecule is CCCCCC(C)C1(C(=O)O)CC1. The average molecular weight is 184 g/mol. The molecule has 1 saturated carbocycles. The summed E-state index contributed by atoms with van der Waals surface area (Å²) in [5.41, 5.74) is -0.326. The number of aliphatic carboxylic acids is 1. The van der Waals surface area contributed by atoms with Crippen LogP contribution in [0.25, 0.3) is 0 Å². The molecule has 0 spiro atoms. The predicted molar refractivity (Wildman–Crippen MR) is 52.6 cm³/mol. The zero-order valence-electron chi connectivity index (χ0n) is 8.68. The molecule has 0 amide bonds. The van der Waals surface area contributed by atoms with Crippen LogP contribution in [0.15, 0.2) is 0 Å². The molecule has 0 radical (unpaired) electrons. The van der Waals surface area contributed by atoms with Crippen LogP contribution in [-0.4, -0.2) is 11.1 Å². The molecule has 1 atom stereocenters. The minimum atomic E-state index is -0.573. The standard InChI is InChI=1S/C11H20O2/c1-3-4-5-6-9(2)11(7-8-11)10(12)13/h9H,3-8H2,1-2H3,(H,12,13). The molecule has 2 nitrogen and oxygen atoms in total. The van der Waals surface area contributed by atoms with Gasteiger partial charge in [-0.15, -0.1) is 0 Å². The van der Waals surface area contributed by atoms with Crippen molar-refractivity contribution in [2.24, 2.45) is 11.3 Å². The van der Waals surface area contributed by atoms with Crippen LogP contribution in [0.2, 0.25) is 0 Å². The zero-order chi connectivity index (χ0) is 9.90. The monoisotopic (exact) mass is 184 g/mol. The van der Waals surface area contributed by atoms with Crippen LogP contribution in [0, 0.1) is 11.3 Å². The number of carboxylic acid groups (broad SMARTS) is 1. The Morgan fingerprint density at radius 2 is 2.08 bits per heavy atom. The second kappa shape index (κ2) is 4.12. The highest BCUT2D eigenvalue weighted by atomic mass is 16.4. The molecule has 0 aliphatic heterocycles. The van der Waals surface area contributed by atoms with Crippen molar-refractivity contribution in [3.8, 4) is 0 Å². The van der Waals surface area contributed by atoms with E-state index in [1.165, 1.54) is 19.3 Å². The third-order valence-electron chi connectivity index (χ3n) is 3.40. The highest BCUT2D eigenvalue weighted by molar-refractivity contribution is 5.78. The third-order valence-corrected chi connectivity index (χ3v) is 3.40. The molecule has 13 heavy (non-hydrogen) atoms. The third kappa shape index (κ3) is 2.23. The van der Waals surface area contributed by atoms with Crippen LogP contribution in [0.3, 0.4) is 0 Å². The van der Waals surface area contributed by atoms with Gasteiger partial charge < -0.3 is 5.11 Å². The number of unbranched alkanes of at least 4 members (excludes halogenated alkanes) is 2. The van der Waals surface area contributed by atoms with E-state index in [0.717, 1.165) is 19.3 Å². The van der Waals surface area contributed by atoms with E-state index < -0.39 is 5.97 Å². The van der Waals surface area contributed by atoms with Gasteiger partial charge in [-0.3, -0.25) is 4.79 Å². The smallest absolute Gasteiger partial charge is 0.309 e. The summed E-state index contributed by atoms with van der Waals surface area (Å²) in [5, 5.41) is 9.03. The Kier molecular flexibility index (Phi) is 3.34. The molecule has 76 valence electrons. The zero-order valence-corrected chi connectivity index (χ0v) is 8.68. The van der Waals surface area contributed by atoms with E-state index in [1.54, 1.807) is 0 Å². The molecule has 1 aliphatic rings. The number of hydrogen-bond acceptors (Lipinski definition) is 1. The highest BCUT2D eigenvalue weighted by Crippen LogP contribution is 2.53. The van der Waals surface area contributed by atoms with E-state index in [2.05, 4.69) is 13.8 Å². The van der Waals surface area contributed by atoms with Crippen molar-refractivity contribution in [1.29, 1.82) is 0 Å². The summed E-state index contributed by atoms with van der Waals surface area (Å²) < 4.78 is 0. The fourth-order valence-corrected chi connectivity index (χ4v) is 2.03. The minimum absolute atomic E-state index is 0.326. The molecule has 1 rings (SSSR count). The maximum Gasteiger partial charge on any atom is 0.309 e. The van der Waals surface area contributed by atoms with E-state index in [-0.39, 0.29) is 5.41 Å². The van der Waals surface area contributed by atoms with E-state index >= 15 is 0 Å². The summed E-state index contributed by atoms with van der Waals surface area (Å²) in [4.78, 5) is 11.0. The maximum absolute atomic E-state index is 11.0. The van der Waals surface area contributed by atoms with Gasteiger partial charge in [0.2, 0.25) is 0 Å². The number of rotatable bonds is 6. The fourth-order valence-electron chi connectivity index (χ4n) is 2.03. The van der Waals surface area contributed by atoms with Crippen LogP contribution >= 0.6 is 0 Å². The van der Waals surface area contributed by atoms with Crippen LogP contribution in [-0.2, 0) is 4.79 Å². The Balaban J connectivity index is 2.30. The summed E-state index contributed by atoms with van der Waals surface area (Å²) in [6.07, 6.45) is 6.52. The number of hydrogen-bond donors (Lipinski definition) is 1. The van der Waals surface area contributed by atoms with Crippen molar-refractivity contribution in [2.45, 2.75) is 52.4 Å². The van der Waals surface area contributed by atoms with Crippen molar-refractivity contribution in [2.75, 3.05) is 0 Å². The molecular weight excluding hydrogens is 164 g/mol. The second-order valence-corrected chi connectivity index (χ2v) is 4.36. The number of carbonyl (C=O) groups is 1. The van der Waals surface area contributed by atoms with Crippen molar-refractivity contribution in [3.63, 3.8) is 0 Å². The van der Waals surface area contributed by atoms with E-state index in [4.69, 9.17) is 5.11 Å². The molecule has 0 bridgehead atoms. The van der Waals surface area contributed by atoms with Gasteiger partial charge in [-0.2, -0.15) is 0 Å². The van der Waals surface area contributed by atoms with Gasteiger partial charge in [0, 0.05) is 0 Å². The molecule has 0 heterocycles. The van der Waals surface area contributed by atoms with Crippen LogP contribution in [0.1, 0.15) is 52.4 Å². The topological polar surface area (TPSA) is 37.3 Å². The van der Waals surface area contributed by atoms with Gasteiger partial charge in [0.15, 0.2) is 0 Å². The molecule has 1 unspecified atom stereocenters. The van der Waals surface area contributed by atoms with Gasteiger partial charge in [0.1, 0.15) is 0 Å². The molecule has 1 aliphatic carbocycles. The summed E-state index contributed by atoms with van der Waals surface area (Å²) in [6, 6.07) is 0. The first kappa shape index (κ1) is 10.6. The molecule has 0 saturated heterocycles. The summed E-state index contributed by atoms with van der Waals surface area (Å²) in [6.45, 7) is 4.27. The molecular formula is C11H20O2. The van der Waals surface area contributed by atoms with E-state index in [1.807, 2.05) is 0 Å². The summed E-state index contributed by atoms with van der Waals surface area (Å²) >= 11 is 0. The lowest BCUT2D eigenvalue weighted by atomic mass is 9.86. The lowest BCUT2D eigenvalue weighted by Gasteiger charge is -2.18. The molecule has 0 aromatic rings. The minimum Gasteiger partial charge on any atom is -0.481 e. The lowest BCUT2D eigenvalue weighted by molar-refractivity contribution is -0.145. The van der Waals surface area contributed by atoms with Gasteiger partial charge in [0.05, 0.1) is 5.41 Å². The van der Waals surface area contributed by atoms with E-state index in [9.17, 15) is 4.79 Å². The first-order valence-corrected chi connectivity index (χ1v) is 5.37. The summed E-state index contributed by atoms with van der Waals surface area (Å²) in [5.74, 6) is -0.201. The van der Waals surface area contributed by atoms with Crippen molar-refractivity contribution in [1.82, 2.24) is 0 Å². The van der Waals surface area contributed by atoms with Gasteiger partial charge in [-0.25, -0.2) is 0 Å². The fraction of sp³-hybridized carbons (Fsp3) is 0.909. The van der Waals surface area contributed by atoms with Crippen LogP contribution in [0.4, 0.5) is 0 Å². The largest absolute Gasteiger partial charge is 0.481 e. The Hall–Kier alpha value is -0.530. The van der Waals surface area contributed by atoms with Gasteiger partial charge in [0.25, 0.3) is 0 Å². The van der Waals surface area contributed by atoms with Crippen molar-refractivity contribution in [3.05, 3.63) is 0 Å². The molecule has 0 aromatic heterocycles. The first-order valence-electron chi connectivity index (χ1n) is 5.37. The predicted octanol–water partition coefficient (Wildman–Crippen LogP) is 3.07. The van der Waals surface area contributed by atoms with Crippen molar-refractivity contribution >= 4 is 5.97 Å². The van der Waals surface area contributed by atoms with E-state index in [0.29, 0.717) is 5.92 Å².